The van der Waals surface area contributed by atoms with Gasteiger partial charge in [0.25, 0.3) is 0 Å². The number of H-pyrrole nitrogens is 2. The van der Waals surface area contributed by atoms with Gasteiger partial charge in [0.15, 0.2) is 5.95 Å². The lowest BCUT2D eigenvalue weighted by Gasteiger charge is -1.81. The number of aromatic nitrogens is 4. The van der Waals surface area contributed by atoms with Gasteiger partial charge in [-0.2, -0.15) is 5.10 Å². The molecule has 6 nitrogen and oxygen atoms in total. The molecule has 3 rings (SSSR count). The predicted molar refractivity (Wildman–Crippen MR) is 63.5 cm³/mol. The summed E-state index contributed by atoms with van der Waals surface area (Å²) in [5, 5.41) is 6.13. The summed E-state index contributed by atoms with van der Waals surface area (Å²) < 4.78 is 0. The van der Waals surface area contributed by atoms with Crippen LogP contribution in [0.25, 0.3) is 11.0 Å². The highest BCUT2D eigenvalue weighted by atomic mass is 15.1. The maximum Gasteiger partial charge on any atom is 0.198 e. The third-order valence-corrected chi connectivity index (χ3v) is 1.93. The van der Waals surface area contributed by atoms with Crippen LogP contribution in [0.3, 0.4) is 0 Å². The van der Waals surface area contributed by atoms with Crippen LogP contribution in [0.2, 0.25) is 0 Å². The van der Waals surface area contributed by atoms with Gasteiger partial charge in [-0.25, -0.2) is 4.98 Å². The fraction of sp³-hybridized carbons (Fsp3) is 0. The molecule has 0 atom stereocenters. The first kappa shape index (κ1) is 10.0. The summed E-state index contributed by atoms with van der Waals surface area (Å²) >= 11 is 0. The van der Waals surface area contributed by atoms with Crippen LogP contribution < -0.4 is 11.5 Å². The number of hydrogen-bond donors (Lipinski definition) is 4. The second kappa shape index (κ2) is 4.35. The Morgan fingerprint density at radius 2 is 1.94 bits per heavy atom. The summed E-state index contributed by atoms with van der Waals surface area (Å²) in [6.07, 6.45) is 3.18. The number of nitrogens with one attached hydrogen (secondary N) is 2. The van der Waals surface area contributed by atoms with Crippen molar-refractivity contribution in [3.8, 4) is 0 Å². The number of imidazole rings is 1. The standard InChI is InChI=1S/C7H7N3.C3H5N3/c8-7-9-5-3-1-2-4-6(5)10-7;4-3-1-5-6-2-3/h1-4H,(H3,8,9,10);1-2H,4H2,(H,5,6). The van der Waals surface area contributed by atoms with E-state index < -0.39 is 0 Å². The number of para-hydroxylation sites is 2. The van der Waals surface area contributed by atoms with Crippen LogP contribution >= 0.6 is 0 Å². The summed E-state index contributed by atoms with van der Waals surface area (Å²) in [6, 6.07) is 7.74. The van der Waals surface area contributed by atoms with Crippen LogP contribution in [-0.4, -0.2) is 20.2 Å². The van der Waals surface area contributed by atoms with E-state index in [0.717, 1.165) is 11.0 Å². The van der Waals surface area contributed by atoms with Gasteiger partial charge >= 0.3 is 0 Å². The molecule has 0 radical (unpaired) electrons. The van der Waals surface area contributed by atoms with Gasteiger partial charge < -0.3 is 16.5 Å². The molecule has 0 saturated carbocycles. The van der Waals surface area contributed by atoms with Crippen molar-refractivity contribution < 1.29 is 0 Å². The Balaban J connectivity index is 0.000000138. The predicted octanol–water partition coefficient (Wildman–Crippen LogP) is 1.14. The first-order chi connectivity index (χ1) is 7.75. The van der Waals surface area contributed by atoms with E-state index >= 15 is 0 Å². The molecule has 6 N–H and O–H groups in total. The first-order valence-corrected chi connectivity index (χ1v) is 4.70. The van der Waals surface area contributed by atoms with E-state index in [0.29, 0.717) is 11.6 Å². The van der Waals surface area contributed by atoms with Crippen LogP contribution in [-0.2, 0) is 0 Å². The first-order valence-electron chi connectivity index (χ1n) is 4.70. The number of nitrogens with two attached hydrogens (primary N) is 2. The van der Waals surface area contributed by atoms with Crippen molar-refractivity contribution in [2.75, 3.05) is 11.5 Å². The summed E-state index contributed by atoms with van der Waals surface area (Å²) in [4.78, 5) is 6.96. The second-order valence-corrected chi connectivity index (χ2v) is 3.17. The number of nitrogens with zero attached hydrogens (tertiary/aromatic N) is 2. The molecule has 0 bridgehead atoms. The SMILES string of the molecule is Nc1cn[nH]c1.Nc1nc2ccccc2[nH]1. The molecule has 0 aliphatic heterocycles. The zero-order chi connectivity index (χ0) is 11.4. The van der Waals surface area contributed by atoms with Crippen molar-refractivity contribution >= 4 is 22.7 Å². The highest BCUT2D eigenvalue weighted by Crippen LogP contribution is 2.10. The number of aromatic amines is 2. The molecule has 82 valence electrons. The Bertz CT molecular complexity index is 520. The average Bonchev–Trinajstić information content (AvgIpc) is 2.86. The van der Waals surface area contributed by atoms with Crippen LogP contribution in [0.15, 0.2) is 36.7 Å². The van der Waals surface area contributed by atoms with Crippen LogP contribution in [0, 0.1) is 0 Å². The molecule has 0 unspecified atom stereocenters. The summed E-state index contributed by atoms with van der Waals surface area (Å²) in [7, 11) is 0. The number of rotatable bonds is 0. The normalized spacial score (nSPS) is 9.75. The van der Waals surface area contributed by atoms with E-state index in [-0.39, 0.29) is 0 Å². The third-order valence-electron chi connectivity index (χ3n) is 1.93. The molecule has 0 aliphatic rings. The third kappa shape index (κ3) is 2.30. The smallest absolute Gasteiger partial charge is 0.198 e. The van der Waals surface area contributed by atoms with Crippen molar-refractivity contribution in [1.29, 1.82) is 0 Å². The topological polar surface area (TPSA) is 109 Å². The average molecular weight is 216 g/mol. The Hall–Kier alpha value is -2.50. The molecular weight excluding hydrogens is 204 g/mol. The van der Waals surface area contributed by atoms with Gasteiger partial charge in [-0.1, -0.05) is 12.1 Å². The monoisotopic (exact) mass is 216 g/mol. The molecule has 0 fully saturated rings. The fourth-order valence-electron chi connectivity index (χ4n) is 1.23. The molecule has 6 heteroatoms. The van der Waals surface area contributed by atoms with Gasteiger partial charge in [-0.15, -0.1) is 0 Å². The second-order valence-electron chi connectivity index (χ2n) is 3.17. The fourth-order valence-corrected chi connectivity index (χ4v) is 1.23. The number of nitrogen functional groups attached to an aromatic ring is 2. The van der Waals surface area contributed by atoms with Gasteiger partial charge in [0.05, 0.1) is 22.9 Å². The molecule has 2 heterocycles. The Morgan fingerprint density at radius 1 is 1.12 bits per heavy atom. The quantitative estimate of drug-likeness (QED) is 0.451. The molecule has 16 heavy (non-hydrogen) atoms. The van der Waals surface area contributed by atoms with Crippen LogP contribution in [0.1, 0.15) is 0 Å². The van der Waals surface area contributed by atoms with Gasteiger partial charge in [-0.3, -0.25) is 5.10 Å². The molecule has 0 saturated heterocycles. The Labute approximate surface area is 91.7 Å². The number of fused-ring (bicyclic) bond motifs is 1. The van der Waals surface area contributed by atoms with Crippen molar-refractivity contribution in [1.82, 2.24) is 20.2 Å². The zero-order valence-electron chi connectivity index (χ0n) is 8.51. The Kier molecular flexibility index (Phi) is 2.73. The van der Waals surface area contributed by atoms with Crippen LogP contribution in [0.4, 0.5) is 11.6 Å². The van der Waals surface area contributed by atoms with E-state index in [2.05, 4.69) is 20.2 Å². The molecule has 0 amide bonds. The van der Waals surface area contributed by atoms with E-state index in [4.69, 9.17) is 11.5 Å². The van der Waals surface area contributed by atoms with E-state index in [1.54, 1.807) is 12.4 Å². The molecule has 0 spiro atoms. The lowest BCUT2D eigenvalue weighted by atomic mass is 10.3. The molecule has 1 aromatic carbocycles. The maximum absolute atomic E-state index is 5.42. The summed E-state index contributed by atoms with van der Waals surface area (Å²) in [6.45, 7) is 0. The van der Waals surface area contributed by atoms with Gasteiger partial charge in [0.1, 0.15) is 0 Å². The highest BCUT2D eigenvalue weighted by molar-refractivity contribution is 5.76. The summed E-state index contributed by atoms with van der Waals surface area (Å²) in [5.74, 6) is 0.473. The Morgan fingerprint density at radius 3 is 2.50 bits per heavy atom. The maximum atomic E-state index is 5.42. The number of hydrogen-bond acceptors (Lipinski definition) is 4. The largest absolute Gasteiger partial charge is 0.396 e. The van der Waals surface area contributed by atoms with Gasteiger partial charge in [-0.05, 0) is 12.1 Å². The zero-order valence-corrected chi connectivity index (χ0v) is 8.51. The van der Waals surface area contributed by atoms with Crippen molar-refractivity contribution in [2.45, 2.75) is 0 Å². The minimum Gasteiger partial charge on any atom is -0.396 e. The van der Waals surface area contributed by atoms with E-state index in [9.17, 15) is 0 Å². The molecular formula is C10H12N6. The van der Waals surface area contributed by atoms with E-state index in [1.807, 2.05) is 24.3 Å². The van der Waals surface area contributed by atoms with Crippen molar-refractivity contribution in [3.05, 3.63) is 36.7 Å². The lowest BCUT2D eigenvalue weighted by Crippen LogP contribution is -1.84. The number of anilines is 2. The number of benzene rings is 1. The van der Waals surface area contributed by atoms with E-state index in [1.165, 1.54) is 0 Å². The molecule has 3 aromatic rings. The van der Waals surface area contributed by atoms with Crippen LogP contribution in [0.5, 0.6) is 0 Å². The lowest BCUT2D eigenvalue weighted by molar-refractivity contribution is 1.09. The van der Waals surface area contributed by atoms with Gasteiger partial charge in [0.2, 0.25) is 0 Å². The molecule has 0 aliphatic carbocycles. The van der Waals surface area contributed by atoms with Crippen molar-refractivity contribution in [2.24, 2.45) is 0 Å². The summed E-state index contributed by atoms with van der Waals surface area (Å²) in [5.41, 5.74) is 13.2. The van der Waals surface area contributed by atoms with Crippen molar-refractivity contribution in [3.63, 3.8) is 0 Å². The van der Waals surface area contributed by atoms with Gasteiger partial charge in [0, 0.05) is 6.20 Å². The highest BCUT2D eigenvalue weighted by Gasteiger charge is 1.94. The minimum atomic E-state index is 0.473. The molecule has 2 aromatic heterocycles. The minimum absolute atomic E-state index is 0.473.